The molecule has 6 heteroatoms. The summed E-state index contributed by atoms with van der Waals surface area (Å²) in [5.74, 6) is -0.257. The Morgan fingerprint density at radius 1 is 0.614 bits per heavy atom. The van der Waals surface area contributed by atoms with Crippen molar-refractivity contribution >= 4 is 5.91 Å². The quantitative estimate of drug-likeness (QED) is 0.0333. The molecule has 0 aliphatic carbocycles. The monoisotopic (exact) mass is 615 g/mol. The second-order valence-electron chi connectivity index (χ2n) is 11.6. The minimum Gasteiger partial charge on any atom is -0.394 e. The Kier molecular flexibility index (Phi) is 30.5. The van der Waals surface area contributed by atoms with Gasteiger partial charge in [-0.25, -0.2) is 0 Å². The molecule has 0 rings (SSSR count). The van der Waals surface area contributed by atoms with Gasteiger partial charge >= 0.3 is 0 Å². The Morgan fingerprint density at radius 2 is 1.18 bits per heavy atom. The van der Waals surface area contributed by atoms with Gasteiger partial charge in [0.1, 0.15) is 0 Å². The Hall–Kier alpha value is -2.25. The summed E-state index contributed by atoms with van der Waals surface area (Å²) in [7, 11) is 0. The van der Waals surface area contributed by atoms with Crippen LogP contribution in [0.2, 0.25) is 0 Å². The lowest BCUT2D eigenvalue weighted by molar-refractivity contribution is -0.123. The molecule has 0 heterocycles. The van der Waals surface area contributed by atoms with E-state index in [4.69, 9.17) is 0 Å². The SMILES string of the molecule is CCC/C=C\CCCCCCCC/C=C/[C@@H](O)[C@H](CO)NC(=O)CCC[C@@H](O)\C=C/C=C/C=C/[C@@H](O)C/C=C\CCCCC. The van der Waals surface area contributed by atoms with Crippen molar-refractivity contribution in [1.29, 1.82) is 0 Å². The van der Waals surface area contributed by atoms with E-state index in [0.29, 0.717) is 19.3 Å². The molecule has 5 N–H and O–H groups in total. The summed E-state index contributed by atoms with van der Waals surface area (Å²) in [6.45, 7) is 4.04. The molecule has 6 nitrogen and oxygen atoms in total. The van der Waals surface area contributed by atoms with E-state index in [1.54, 1.807) is 42.5 Å². The highest BCUT2D eigenvalue weighted by Crippen LogP contribution is 2.10. The number of unbranched alkanes of at least 4 members (excludes halogenated alkanes) is 11. The molecule has 0 aliphatic rings. The molecule has 252 valence electrons. The summed E-state index contributed by atoms with van der Waals surface area (Å²) in [6, 6.07) is -0.742. The van der Waals surface area contributed by atoms with Crippen molar-refractivity contribution < 1.29 is 25.2 Å². The van der Waals surface area contributed by atoms with Crippen LogP contribution < -0.4 is 5.32 Å². The predicted molar refractivity (Wildman–Crippen MR) is 186 cm³/mol. The molecular formula is C38H65NO5. The van der Waals surface area contributed by atoms with Crippen LogP contribution in [-0.4, -0.2) is 57.3 Å². The largest absolute Gasteiger partial charge is 0.394 e. The summed E-state index contributed by atoms with van der Waals surface area (Å²) in [5, 5.41) is 42.8. The Morgan fingerprint density at radius 3 is 1.82 bits per heavy atom. The lowest BCUT2D eigenvalue weighted by Crippen LogP contribution is -2.45. The maximum absolute atomic E-state index is 12.3. The van der Waals surface area contributed by atoms with E-state index < -0.39 is 24.4 Å². The van der Waals surface area contributed by atoms with Crippen molar-refractivity contribution in [2.75, 3.05) is 6.61 Å². The normalized spacial score (nSPS) is 15.5. The number of hydrogen-bond acceptors (Lipinski definition) is 5. The Bertz CT molecular complexity index is 829. The van der Waals surface area contributed by atoms with E-state index in [-0.39, 0.29) is 18.9 Å². The highest BCUT2D eigenvalue weighted by molar-refractivity contribution is 5.76. The van der Waals surface area contributed by atoms with Crippen LogP contribution in [0.15, 0.2) is 72.9 Å². The summed E-state index contributed by atoms with van der Waals surface area (Å²) in [6.07, 6.45) is 38.9. The van der Waals surface area contributed by atoms with Gasteiger partial charge in [-0.3, -0.25) is 4.79 Å². The van der Waals surface area contributed by atoms with Crippen molar-refractivity contribution in [3.8, 4) is 0 Å². The minimum atomic E-state index is -0.938. The molecule has 4 atom stereocenters. The molecular weight excluding hydrogens is 550 g/mol. The molecule has 0 spiro atoms. The zero-order valence-electron chi connectivity index (χ0n) is 27.9. The average molecular weight is 616 g/mol. The molecule has 0 aromatic heterocycles. The molecule has 0 fully saturated rings. The summed E-state index contributed by atoms with van der Waals surface area (Å²) < 4.78 is 0. The third-order valence-corrected chi connectivity index (χ3v) is 7.32. The molecule has 0 saturated carbocycles. The molecule has 0 radical (unpaired) electrons. The molecule has 44 heavy (non-hydrogen) atoms. The van der Waals surface area contributed by atoms with Gasteiger partial charge in [-0.05, 0) is 64.2 Å². The van der Waals surface area contributed by atoms with Gasteiger partial charge in [-0.15, -0.1) is 0 Å². The summed E-state index contributed by atoms with van der Waals surface area (Å²) >= 11 is 0. The van der Waals surface area contributed by atoms with E-state index >= 15 is 0 Å². The number of nitrogens with one attached hydrogen (secondary N) is 1. The number of allylic oxidation sites excluding steroid dienone is 8. The number of carbonyl (C=O) groups excluding carboxylic acids is 1. The Labute approximate surface area is 269 Å². The van der Waals surface area contributed by atoms with Crippen LogP contribution in [0, 0.1) is 0 Å². The number of amides is 1. The van der Waals surface area contributed by atoms with E-state index in [0.717, 1.165) is 19.3 Å². The average Bonchev–Trinajstić information content (AvgIpc) is 3.01. The Balaban J connectivity index is 4.03. The molecule has 0 aromatic rings. The predicted octanol–water partition coefficient (Wildman–Crippen LogP) is 7.95. The molecule has 1 amide bonds. The smallest absolute Gasteiger partial charge is 0.220 e. The number of carbonyl (C=O) groups is 1. The van der Waals surface area contributed by atoms with Gasteiger partial charge in [0.05, 0.1) is 31.0 Å². The van der Waals surface area contributed by atoms with Crippen LogP contribution in [-0.2, 0) is 4.79 Å². The highest BCUT2D eigenvalue weighted by atomic mass is 16.3. The van der Waals surface area contributed by atoms with E-state index in [1.165, 1.54) is 70.6 Å². The fourth-order valence-electron chi connectivity index (χ4n) is 4.55. The first kappa shape index (κ1) is 41.8. The summed E-state index contributed by atoms with van der Waals surface area (Å²) in [4.78, 5) is 12.3. The first-order valence-corrected chi connectivity index (χ1v) is 17.4. The van der Waals surface area contributed by atoms with Crippen molar-refractivity contribution in [1.82, 2.24) is 5.32 Å². The highest BCUT2D eigenvalue weighted by Gasteiger charge is 2.18. The second-order valence-corrected chi connectivity index (χ2v) is 11.6. The van der Waals surface area contributed by atoms with Crippen LogP contribution in [0.5, 0.6) is 0 Å². The second kappa shape index (κ2) is 32.2. The molecule has 0 bridgehead atoms. The molecule has 0 saturated heterocycles. The third kappa shape index (κ3) is 28.5. The maximum atomic E-state index is 12.3. The van der Waals surface area contributed by atoms with Crippen molar-refractivity contribution in [2.45, 2.75) is 154 Å². The maximum Gasteiger partial charge on any atom is 0.220 e. The van der Waals surface area contributed by atoms with E-state index in [2.05, 4.69) is 37.4 Å². The van der Waals surface area contributed by atoms with Gasteiger partial charge < -0.3 is 25.7 Å². The zero-order valence-corrected chi connectivity index (χ0v) is 27.9. The van der Waals surface area contributed by atoms with Gasteiger partial charge in [-0.1, -0.05) is 132 Å². The standard InChI is InChI=1S/C38H65NO5/c1-3-5-7-9-11-12-13-14-15-16-17-19-25-31-37(43)36(33-40)39-38(44)32-26-30-35(42)29-24-21-20-23-28-34(41)27-22-18-10-8-6-4-2/h7,9,18,20-25,28-29,31,34-37,40-43H,3-6,8,10-17,19,26-27,30,32-33H2,1-2H3,(H,39,44)/b9-7-,21-20+,22-18-,28-23+,29-24-,31-25+/t34-,35-,36-,37+/m0/s1. The van der Waals surface area contributed by atoms with Crippen molar-refractivity contribution in [3.05, 3.63) is 72.9 Å². The first-order valence-electron chi connectivity index (χ1n) is 17.4. The lowest BCUT2D eigenvalue weighted by Gasteiger charge is -2.20. The van der Waals surface area contributed by atoms with Gasteiger partial charge in [-0.2, -0.15) is 0 Å². The van der Waals surface area contributed by atoms with Gasteiger partial charge in [0.2, 0.25) is 5.91 Å². The number of hydrogen-bond donors (Lipinski definition) is 5. The zero-order chi connectivity index (χ0) is 32.5. The number of rotatable bonds is 29. The van der Waals surface area contributed by atoms with Crippen LogP contribution in [0.25, 0.3) is 0 Å². The van der Waals surface area contributed by atoms with Crippen LogP contribution in [0.3, 0.4) is 0 Å². The fourth-order valence-corrected chi connectivity index (χ4v) is 4.55. The first-order chi connectivity index (χ1) is 21.4. The van der Waals surface area contributed by atoms with E-state index in [9.17, 15) is 25.2 Å². The van der Waals surface area contributed by atoms with Crippen LogP contribution in [0.1, 0.15) is 129 Å². The summed E-state index contributed by atoms with van der Waals surface area (Å²) in [5.41, 5.74) is 0. The topological polar surface area (TPSA) is 110 Å². The number of aliphatic hydroxyl groups is 4. The number of aliphatic hydroxyl groups excluding tert-OH is 4. The van der Waals surface area contributed by atoms with Crippen molar-refractivity contribution in [2.24, 2.45) is 0 Å². The van der Waals surface area contributed by atoms with E-state index in [1.807, 2.05) is 12.2 Å². The van der Waals surface area contributed by atoms with Gasteiger partial charge in [0.25, 0.3) is 0 Å². The minimum absolute atomic E-state index is 0.205. The van der Waals surface area contributed by atoms with Crippen molar-refractivity contribution in [3.63, 3.8) is 0 Å². The molecule has 0 aromatic carbocycles. The van der Waals surface area contributed by atoms with Gasteiger partial charge in [0.15, 0.2) is 0 Å². The van der Waals surface area contributed by atoms with Crippen LogP contribution >= 0.6 is 0 Å². The van der Waals surface area contributed by atoms with Crippen LogP contribution in [0.4, 0.5) is 0 Å². The fraction of sp³-hybridized carbons (Fsp3) is 0.658. The van der Waals surface area contributed by atoms with Gasteiger partial charge in [0, 0.05) is 6.42 Å². The molecule has 0 unspecified atom stereocenters. The third-order valence-electron chi connectivity index (χ3n) is 7.32. The lowest BCUT2D eigenvalue weighted by atomic mass is 10.1. The molecule has 0 aliphatic heterocycles.